The van der Waals surface area contributed by atoms with Crippen LogP contribution in [0, 0.1) is 5.92 Å². The Bertz CT molecular complexity index is 220. The summed E-state index contributed by atoms with van der Waals surface area (Å²) in [6.07, 6.45) is 8.07. The smallest absolute Gasteiger partial charge is 0.0897 e. The zero-order valence-electron chi connectivity index (χ0n) is 12.7. The van der Waals surface area contributed by atoms with Crippen LogP contribution in [0.15, 0.2) is 0 Å². The fourth-order valence-corrected chi connectivity index (χ4v) is 3.28. The van der Waals surface area contributed by atoms with Crippen molar-refractivity contribution in [3.05, 3.63) is 0 Å². The second-order valence-corrected chi connectivity index (χ2v) is 6.75. The Morgan fingerprint density at radius 3 is 2.58 bits per heavy atom. The van der Waals surface area contributed by atoms with Gasteiger partial charge in [-0.2, -0.15) is 11.8 Å². The van der Waals surface area contributed by atoms with Crippen molar-refractivity contribution in [2.75, 3.05) is 25.2 Å². The number of rotatable bonds is 9. The topological polar surface area (TPSA) is 41.5 Å². The van der Waals surface area contributed by atoms with Crippen molar-refractivity contribution in [2.45, 2.75) is 64.2 Å². The maximum absolute atomic E-state index is 9.95. The van der Waals surface area contributed by atoms with E-state index >= 15 is 0 Å². The third-order valence-electron chi connectivity index (χ3n) is 3.99. The molecule has 1 fully saturated rings. The summed E-state index contributed by atoms with van der Waals surface area (Å²) in [4.78, 5) is 0. The molecule has 0 aromatic carbocycles. The van der Waals surface area contributed by atoms with Gasteiger partial charge in [-0.25, -0.2) is 0 Å². The Balaban J connectivity index is 2.08. The molecule has 3 nitrogen and oxygen atoms in total. The summed E-state index contributed by atoms with van der Waals surface area (Å²) in [6, 6.07) is 0.500. The highest BCUT2D eigenvalue weighted by molar-refractivity contribution is 7.98. The normalized spacial score (nSPS) is 27.2. The molecule has 114 valence electrons. The molecule has 0 radical (unpaired) electrons. The maximum Gasteiger partial charge on any atom is 0.0897 e. The number of thioether (sulfide) groups is 1. The first-order valence-electron chi connectivity index (χ1n) is 7.67. The quantitative estimate of drug-likeness (QED) is 0.685. The van der Waals surface area contributed by atoms with Gasteiger partial charge in [0.2, 0.25) is 0 Å². The van der Waals surface area contributed by atoms with Crippen molar-refractivity contribution in [3.8, 4) is 0 Å². The van der Waals surface area contributed by atoms with Gasteiger partial charge in [-0.15, -0.1) is 0 Å². The van der Waals surface area contributed by atoms with Crippen LogP contribution in [0.4, 0.5) is 0 Å². The fourth-order valence-electron chi connectivity index (χ4n) is 2.53. The Kier molecular flexibility index (Phi) is 9.12. The average Bonchev–Trinajstić information content (AvgIpc) is 2.42. The molecule has 2 unspecified atom stereocenters. The van der Waals surface area contributed by atoms with Gasteiger partial charge >= 0.3 is 0 Å². The lowest BCUT2D eigenvalue weighted by Gasteiger charge is -2.27. The summed E-state index contributed by atoms with van der Waals surface area (Å²) >= 11 is 1.85. The Hall–Kier alpha value is 0.230. The van der Waals surface area contributed by atoms with Gasteiger partial charge in [0, 0.05) is 18.3 Å². The highest BCUT2D eigenvalue weighted by atomic mass is 32.2. The van der Waals surface area contributed by atoms with E-state index in [0.717, 1.165) is 30.9 Å². The molecular formula is C15H31NO2S. The first-order chi connectivity index (χ1) is 9.15. The van der Waals surface area contributed by atoms with Crippen molar-refractivity contribution >= 4 is 11.8 Å². The number of hydrogen-bond donors (Lipinski definition) is 2. The molecule has 0 amide bonds. The lowest BCUT2D eigenvalue weighted by Crippen LogP contribution is -2.39. The van der Waals surface area contributed by atoms with Crippen molar-refractivity contribution in [1.82, 2.24) is 5.32 Å². The highest BCUT2D eigenvalue weighted by Crippen LogP contribution is 2.25. The molecule has 0 spiro atoms. The molecule has 1 rings (SSSR count). The number of aliphatic hydroxyl groups is 1. The summed E-state index contributed by atoms with van der Waals surface area (Å²) in [6.45, 7) is 5.61. The van der Waals surface area contributed by atoms with E-state index in [1.165, 1.54) is 12.8 Å². The first kappa shape index (κ1) is 17.3. The average molecular weight is 289 g/mol. The summed E-state index contributed by atoms with van der Waals surface area (Å²) in [7, 11) is 0. The third kappa shape index (κ3) is 7.54. The van der Waals surface area contributed by atoms with E-state index in [0.29, 0.717) is 25.3 Å². The van der Waals surface area contributed by atoms with E-state index < -0.39 is 0 Å². The summed E-state index contributed by atoms with van der Waals surface area (Å²) in [5.41, 5.74) is 0. The number of hydrogen-bond acceptors (Lipinski definition) is 4. The van der Waals surface area contributed by atoms with Crippen LogP contribution in [0.25, 0.3) is 0 Å². The summed E-state index contributed by atoms with van der Waals surface area (Å²) < 4.78 is 5.82. The van der Waals surface area contributed by atoms with Crippen LogP contribution < -0.4 is 5.32 Å². The predicted molar refractivity (Wildman–Crippen MR) is 83.8 cm³/mol. The van der Waals surface area contributed by atoms with Gasteiger partial charge in [-0.1, -0.05) is 13.8 Å². The molecule has 2 N–H and O–H groups in total. The molecule has 0 bridgehead atoms. The molecule has 0 aliphatic heterocycles. The Labute approximate surface area is 122 Å². The molecule has 1 saturated carbocycles. The van der Waals surface area contributed by atoms with Gasteiger partial charge in [-0.3, -0.25) is 0 Å². The van der Waals surface area contributed by atoms with Gasteiger partial charge in [0.1, 0.15) is 0 Å². The van der Waals surface area contributed by atoms with Gasteiger partial charge in [-0.05, 0) is 44.3 Å². The summed E-state index contributed by atoms with van der Waals surface area (Å²) in [5, 5.41) is 13.4. The van der Waals surface area contributed by atoms with E-state index in [9.17, 15) is 5.11 Å². The van der Waals surface area contributed by atoms with Crippen molar-refractivity contribution in [1.29, 1.82) is 0 Å². The van der Waals surface area contributed by atoms with Crippen LogP contribution in [-0.4, -0.2) is 48.5 Å². The minimum atomic E-state index is -0.379. The number of aliphatic hydroxyl groups excluding tert-OH is 1. The second-order valence-electron chi connectivity index (χ2n) is 5.84. The maximum atomic E-state index is 9.95. The molecule has 0 aromatic heterocycles. The molecule has 1 aliphatic rings. The Morgan fingerprint density at radius 2 is 2.00 bits per heavy atom. The number of ether oxygens (including phenoxy) is 1. The van der Waals surface area contributed by atoms with Crippen molar-refractivity contribution in [2.24, 2.45) is 5.92 Å². The van der Waals surface area contributed by atoms with E-state index in [1.807, 2.05) is 11.8 Å². The highest BCUT2D eigenvalue weighted by Gasteiger charge is 2.19. The van der Waals surface area contributed by atoms with E-state index in [4.69, 9.17) is 4.74 Å². The van der Waals surface area contributed by atoms with Crippen LogP contribution in [0.2, 0.25) is 0 Å². The van der Waals surface area contributed by atoms with Gasteiger partial charge < -0.3 is 15.2 Å². The van der Waals surface area contributed by atoms with Crippen LogP contribution in [-0.2, 0) is 4.74 Å². The van der Waals surface area contributed by atoms with Crippen molar-refractivity contribution in [3.63, 3.8) is 0 Å². The monoisotopic (exact) mass is 289 g/mol. The minimum Gasteiger partial charge on any atom is -0.389 e. The van der Waals surface area contributed by atoms with E-state index in [2.05, 4.69) is 25.4 Å². The zero-order valence-corrected chi connectivity index (χ0v) is 13.5. The first-order valence-corrected chi connectivity index (χ1v) is 9.07. The van der Waals surface area contributed by atoms with Gasteiger partial charge in [0.15, 0.2) is 0 Å². The second kappa shape index (κ2) is 10.0. The van der Waals surface area contributed by atoms with E-state index in [1.54, 1.807) is 0 Å². The van der Waals surface area contributed by atoms with E-state index in [-0.39, 0.29) is 6.10 Å². The van der Waals surface area contributed by atoms with Crippen LogP contribution in [0.3, 0.4) is 0 Å². The summed E-state index contributed by atoms with van der Waals surface area (Å²) in [5.74, 6) is 1.95. The standard InChI is InChI=1S/C15H31NO2S/c1-4-13(11-19-3)16-9-14(17)10-18-15-7-5-12(2)6-8-15/h12-17H,4-11H2,1-3H3. The third-order valence-corrected chi connectivity index (χ3v) is 4.73. The molecule has 1 aliphatic carbocycles. The van der Waals surface area contributed by atoms with Gasteiger partial charge in [0.25, 0.3) is 0 Å². The number of nitrogens with one attached hydrogen (secondary N) is 1. The zero-order chi connectivity index (χ0) is 14.1. The molecule has 0 saturated heterocycles. The molecule has 19 heavy (non-hydrogen) atoms. The van der Waals surface area contributed by atoms with Crippen LogP contribution in [0.1, 0.15) is 46.0 Å². The minimum absolute atomic E-state index is 0.374. The predicted octanol–water partition coefficient (Wildman–Crippen LogP) is 2.67. The van der Waals surface area contributed by atoms with Crippen molar-refractivity contribution < 1.29 is 9.84 Å². The van der Waals surface area contributed by atoms with Gasteiger partial charge in [0.05, 0.1) is 18.8 Å². The lowest BCUT2D eigenvalue weighted by atomic mass is 9.89. The van der Waals surface area contributed by atoms with Crippen LogP contribution in [0.5, 0.6) is 0 Å². The largest absolute Gasteiger partial charge is 0.389 e. The molecule has 2 atom stereocenters. The Morgan fingerprint density at radius 1 is 1.32 bits per heavy atom. The SMILES string of the molecule is CCC(CSC)NCC(O)COC1CCC(C)CC1. The molecule has 0 heterocycles. The molecular weight excluding hydrogens is 258 g/mol. The van der Waals surface area contributed by atoms with Crippen LogP contribution >= 0.6 is 11.8 Å². The fraction of sp³-hybridized carbons (Fsp3) is 1.00. The lowest BCUT2D eigenvalue weighted by molar-refractivity contribution is -0.0282. The molecule has 4 heteroatoms. The molecule has 0 aromatic rings.